The second-order valence-electron chi connectivity index (χ2n) is 5.01. The third-order valence-corrected chi connectivity index (χ3v) is 3.80. The van der Waals surface area contributed by atoms with Crippen molar-refractivity contribution in [3.63, 3.8) is 0 Å². The zero-order chi connectivity index (χ0) is 15.7. The minimum absolute atomic E-state index is 0.00565. The summed E-state index contributed by atoms with van der Waals surface area (Å²) in [6.45, 7) is 9.72. The normalized spacial score (nSPS) is 12.0. The molecule has 0 atom stereocenters. The Kier molecular flexibility index (Phi) is 3.93. The van der Waals surface area contributed by atoms with Gasteiger partial charge in [0.1, 0.15) is 0 Å². The van der Waals surface area contributed by atoms with Crippen LogP contribution in [-0.2, 0) is 6.42 Å². The van der Waals surface area contributed by atoms with Crippen LogP contribution in [0.5, 0.6) is 0 Å². The van der Waals surface area contributed by atoms with Gasteiger partial charge in [0, 0.05) is 5.69 Å². The Bertz CT molecular complexity index is 717. The van der Waals surface area contributed by atoms with Crippen molar-refractivity contribution < 1.29 is 5.21 Å². The summed E-state index contributed by atoms with van der Waals surface area (Å²) in [5, 5.41) is 25.0. The third-order valence-electron chi connectivity index (χ3n) is 3.80. The first-order chi connectivity index (χ1) is 9.92. The molecule has 0 aliphatic rings. The van der Waals surface area contributed by atoms with E-state index in [1.54, 1.807) is 4.68 Å². The number of nitrogens with zero attached hydrogens (tertiary/aromatic N) is 5. The number of hydrogen-bond donors (Lipinski definition) is 2. The molecule has 0 aliphatic heterocycles. The number of amidine groups is 1. The number of aromatic nitrogens is 4. The molecule has 3 N–H and O–H groups in total. The lowest BCUT2D eigenvalue weighted by atomic mass is 10.1. The van der Waals surface area contributed by atoms with Crippen LogP contribution in [0.4, 0.5) is 0 Å². The molecule has 0 fully saturated rings. The molecule has 2 rings (SSSR count). The van der Waals surface area contributed by atoms with Crippen molar-refractivity contribution in [2.45, 2.75) is 41.0 Å². The number of oxime groups is 1. The van der Waals surface area contributed by atoms with E-state index in [1.165, 1.54) is 5.56 Å². The Morgan fingerprint density at radius 1 is 1.19 bits per heavy atom. The topological polar surface area (TPSA) is 102 Å². The van der Waals surface area contributed by atoms with Gasteiger partial charge in [-0.15, -0.1) is 5.10 Å². The van der Waals surface area contributed by atoms with Gasteiger partial charge in [0.25, 0.3) is 0 Å². The molecule has 0 spiro atoms. The quantitative estimate of drug-likeness (QED) is 0.386. The highest BCUT2D eigenvalue weighted by Gasteiger charge is 2.20. The smallest absolute Gasteiger partial charge is 0.187 e. The van der Waals surface area contributed by atoms with E-state index in [0.717, 1.165) is 29.1 Å². The molecule has 2 heterocycles. The molecule has 112 valence electrons. The van der Waals surface area contributed by atoms with Crippen LogP contribution >= 0.6 is 0 Å². The molecule has 7 nitrogen and oxygen atoms in total. The molecule has 2 aromatic heterocycles. The molecular formula is C14H20N6O. The first-order valence-corrected chi connectivity index (χ1v) is 6.79. The predicted molar refractivity (Wildman–Crippen MR) is 80.0 cm³/mol. The van der Waals surface area contributed by atoms with Crippen molar-refractivity contribution in [3.8, 4) is 5.82 Å². The van der Waals surface area contributed by atoms with Crippen LogP contribution in [0.15, 0.2) is 5.16 Å². The van der Waals surface area contributed by atoms with E-state index in [2.05, 4.69) is 27.4 Å². The van der Waals surface area contributed by atoms with Crippen LogP contribution in [0, 0.1) is 27.7 Å². The minimum atomic E-state index is 0.00565. The summed E-state index contributed by atoms with van der Waals surface area (Å²) in [5.74, 6) is 0.486. The van der Waals surface area contributed by atoms with E-state index in [9.17, 15) is 0 Å². The average molecular weight is 288 g/mol. The van der Waals surface area contributed by atoms with Gasteiger partial charge in [0.2, 0.25) is 0 Å². The number of rotatable bonds is 3. The number of aryl methyl sites for hydroxylation is 2. The standard InChI is InChI=1S/C14H20N6O/c1-6-11-9(4)18-20(10(11)5)14-12(13(15)19-21)7(2)8(3)16-17-14/h21H,6H2,1-5H3,(H2,15,19). The van der Waals surface area contributed by atoms with Gasteiger partial charge < -0.3 is 10.9 Å². The lowest BCUT2D eigenvalue weighted by Crippen LogP contribution is -2.21. The third kappa shape index (κ3) is 2.35. The summed E-state index contributed by atoms with van der Waals surface area (Å²) in [6.07, 6.45) is 0.884. The Balaban J connectivity index is 2.79. The average Bonchev–Trinajstić information content (AvgIpc) is 2.75. The first-order valence-electron chi connectivity index (χ1n) is 6.79. The maximum Gasteiger partial charge on any atom is 0.187 e. The molecule has 7 heteroatoms. The van der Waals surface area contributed by atoms with Crippen molar-refractivity contribution in [2.24, 2.45) is 10.9 Å². The zero-order valence-corrected chi connectivity index (χ0v) is 13.0. The van der Waals surface area contributed by atoms with Gasteiger partial charge in [-0.25, -0.2) is 4.68 Å². The van der Waals surface area contributed by atoms with Crippen LogP contribution in [0.25, 0.3) is 5.82 Å². The van der Waals surface area contributed by atoms with Crippen LogP contribution < -0.4 is 5.73 Å². The molecule has 0 unspecified atom stereocenters. The molecular weight excluding hydrogens is 268 g/mol. The van der Waals surface area contributed by atoms with Crippen LogP contribution in [0.3, 0.4) is 0 Å². The molecule has 0 aromatic carbocycles. The fraction of sp³-hybridized carbons (Fsp3) is 0.429. The second kappa shape index (κ2) is 5.51. The fourth-order valence-corrected chi connectivity index (χ4v) is 2.49. The summed E-state index contributed by atoms with van der Waals surface area (Å²) in [7, 11) is 0. The second-order valence-corrected chi connectivity index (χ2v) is 5.01. The number of nitrogens with two attached hydrogens (primary N) is 1. The highest BCUT2D eigenvalue weighted by atomic mass is 16.4. The van der Waals surface area contributed by atoms with Crippen molar-refractivity contribution in [1.82, 2.24) is 20.0 Å². The van der Waals surface area contributed by atoms with E-state index < -0.39 is 0 Å². The Morgan fingerprint density at radius 3 is 2.38 bits per heavy atom. The maximum atomic E-state index is 9.04. The molecule has 0 saturated heterocycles. The van der Waals surface area contributed by atoms with Gasteiger partial charge in [-0.3, -0.25) is 0 Å². The lowest BCUT2D eigenvalue weighted by molar-refractivity contribution is 0.318. The van der Waals surface area contributed by atoms with E-state index in [0.29, 0.717) is 11.4 Å². The number of hydrogen-bond acceptors (Lipinski definition) is 5. The van der Waals surface area contributed by atoms with Gasteiger partial charge >= 0.3 is 0 Å². The van der Waals surface area contributed by atoms with Crippen molar-refractivity contribution in [2.75, 3.05) is 0 Å². The predicted octanol–water partition coefficient (Wildman–Crippen LogP) is 1.55. The van der Waals surface area contributed by atoms with Crippen LogP contribution in [0.1, 0.15) is 40.7 Å². The molecule has 21 heavy (non-hydrogen) atoms. The molecule has 0 aliphatic carbocycles. The highest BCUT2D eigenvalue weighted by molar-refractivity contribution is 6.01. The highest BCUT2D eigenvalue weighted by Crippen LogP contribution is 2.22. The van der Waals surface area contributed by atoms with Gasteiger partial charge in [-0.1, -0.05) is 12.1 Å². The molecule has 0 bridgehead atoms. The van der Waals surface area contributed by atoms with Crippen molar-refractivity contribution >= 4 is 5.84 Å². The minimum Gasteiger partial charge on any atom is -0.409 e. The summed E-state index contributed by atoms with van der Waals surface area (Å²) >= 11 is 0. The Labute approximate surface area is 123 Å². The first kappa shape index (κ1) is 15.0. The summed E-state index contributed by atoms with van der Waals surface area (Å²) in [6, 6.07) is 0. The summed E-state index contributed by atoms with van der Waals surface area (Å²) in [4.78, 5) is 0. The van der Waals surface area contributed by atoms with E-state index in [4.69, 9.17) is 10.9 Å². The van der Waals surface area contributed by atoms with Crippen LogP contribution in [-0.4, -0.2) is 31.0 Å². The van der Waals surface area contributed by atoms with E-state index >= 15 is 0 Å². The fourth-order valence-electron chi connectivity index (χ4n) is 2.49. The van der Waals surface area contributed by atoms with E-state index in [-0.39, 0.29) is 5.84 Å². The van der Waals surface area contributed by atoms with Gasteiger partial charge in [-0.2, -0.15) is 10.2 Å². The molecule has 2 aromatic rings. The lowest BCUT2D eigenvalue weighted by Gasteiger charge is -2.12. The molecule has 0 saturated carbocycles. The SMILES string of the molecule is CCc1c(C)nn(-c2nnc(C)c(C)c2C(N)=NO)c1C. The molecule has 0 amide bonds. The van der Waals surface area contributed by atoms with Gasteiger partial charge in [0.05, 0.1) is 17.0 Å². The zero-order valence-electron chi connectivity index (χ0n) is 13.0. The van der Waals surface area contributed by atoms with E-state index in [1.807, 2.05) is 27.7 Å². The van der Waals surface area contributed by atoms with Crippen molar-refractivity contribution in [1.29, 1.82) is 0 Å². The maximum absolute atomic E-state index is 9.04. The van der Waals surface area contributed by atoms with Crippen molar-refractivity contribution in [3.05, 3.63) is 33.8 Å². The summed E-state index contributed by atoms with van der Waals surface area (Å²) < 4.78 is 1.71. The Morgan fingerprint density at radius 2 is 1.86 bits per heavy atom. The van der Waals surface area contributed by atoms with Gasteiger partial charge in [-0.05, 0) is 45.2 Å². The van der Waals surface area contributed by atoms with Crippen LogP contribution in [0.2, 0.25) is 0 Å². The van der Waals surface area contributed by atoms with Gasteiger partial charge in [0.15, 0.2) is 11.7 Å². The Hall–Kier alpha value is -2.44. The largest absolute Gasteiger partial charge is 0.409 e. The molecule has 0 radical (unpaired) electrons. The summed E-state index contributed by atoms with van der Waals surface area (Å²) in [5.41, 5.74) is 11.0. The monoisotopic (exact) mass is 288 g/mol.